The molecule has 0 saturated carbocycles. The van der Waals surface area contributed by atoms with Gasteiger partial charge in [0.25, 0.3) is 0 Å². The molecule has 2 unspecified atom stereocenters. The van der Waals surface area contributed by atoms with Crippen LogP contribution in [0.2, 0.25) is 0 Å². The molecule has 7 nitrogen and oxygen atoms in total. The lowest BCUT2D eigenvalue weighted by Crippen LogP contribution is -2.25. The molecule has 2 atom stereocenters. The van der Waals surface area contributed by atoms with E-state index in [9.17, 15) is 4.79 Å². The predicted molar refractivity (Wildman–Crippen MR) is 175 cm³/mol. The number of ketones is 1. The molecule has 0 amide bonds. The zero-order valence-electron chi connectivity index (χ0n) is 24.9. The number of fused-ring (bicyclic) bond motifs is 2. The molecule has 0 N–H and O–H groups in total. The number of hydrogen-bond donors (Lipinski definition) is 0. The van der Waals surface area contributed by atoms with E-state index in [2.05, 4.69) is 31.9 Å². The van der Waals surface area contributed by atoms with Gasteiger partial charge >= 0.3 is 0 Å². The third-order valence-corrected chi connectivity index (χ3v) is 9.28. The molecule has 4 aromatic carbocycles. The van der Waals surface area contributed by atoms with E-state index in [-0.39, 0.29) is 31.2 Å². The third kappa shape index (κ3) is 6.00. The molecule has 44 heavy (non-hydrogen) atoms. The predicted octanol–water partition coefficient (Wildman–Crippen LogP) is 9.19. The third-order valence-electron chi connectivity index (χ3n) is 7.99. The second-order valence-corrected chi connectivity index (χ2v) is 12.3. The van der Waals surface area contributed by atoms with Crippen LogP contribution in [0.5, 0.6) is 46.0 Å². The monoisotopic (exact) mass is 722 g/mol. The molecule has 0 aliphatic carbocycles. The number of carbonyl (C=O) groups excluding carboxylic acids is 1. The Morgan fingerprint density at radius 3 is 1.32 bits per heavy atom. The topological polar surface area (TPSA) is 72.5 Å². The molecule has 9 heteroatoms. The van der Waals surface area contributed by atoms with E-state index < -0.39 is 0 Å². The lowest BCUT2D eigenvalue weighted by molar-refractivity contribution is -0.121. The fourth-order valence-corrected chi connectivity index (χ4v) is 7.36. The van der Waals surface area contributed by atoms with Crippen LogP contribution in [-0.4, -0.2) is 30.0 Å². The number of halogens is 2. The average Bonchev–Trinajstić information content (AvgIpc) is 3.65. The van der Waals surface area contributed by atoms with Gasteiger partial charge in [0.15, 0.2) is 23.0 Å². The summed E-state index contributed by atoms with van der Waals surface area (Å²) in [6.07, 6.45) is 0. The average molecular weight is 724 g/mol. The maximum atomic E-state index is 14.3. The van der Waals surface area contributed by atoms with Crippen molar-refractivity contribution in [3.05, 3.63) is 94.0 Å². The van der Waals surface area contributed by atoms with Gasteiger partial charge < -0.3 is 28.4 Å². The minimum atomic E-state index is -0.347. The van der Waals surface area contributed by atoms with Gasteiger partial charge in [-0.25, -0.2) is 0 Å². The summed E-state index contributed by atoms with van der Waals surface area (Å²) in [5.74, 6) is 4.90. The number of alkyl halides is 2. The van der Waals surface area contributed by atoms with E-state index in [4.69, 9.17) is 28.4 Å². The zero-order valence-corrected chi connectivity index (χ0v) is 28.0. The molecule has 0 fully saturated rings. The number of aryl methyl sites for hydroxylation is 4. The molecular weight excluding hydrogens is 692 g/mol. The Balaban J connectivity index is 1.23. The number of benzene rings is 4. The minimum absolute atomic E-state index is 0.144. The SMILES string of the molecule is Cc1cc(Oc2ccc3c(c2)OCO3)cc(C)c1C(CBr)C(=O)C(CBr)c1c(C)cc(Oc2ccc3c(c2)OCO3)cc1C. The molecule has 0 saturated heterocycles. The van der Waals surface area contributed by atoms with Crippen molar-refractivity contribution in [3.8, 4) is 46.0 Å². The van der Waals surface area contributed by atoms with Gasteiger partial charge in [-0.3, -0.25) is 4.79 Å². The standard InChI is InChI=1S/C35H32Br2O7/c1-19-9-25(43-23-5-7-29-31(13-23)41-17-39-29)10-20(2)33(19)27(15-36)35(38)28(16-37)34-21(3)11-26(12-22(34)4)44-24-6-8-30-32(14-24)42-18-40-30/h5-14,27-28H,15-18H2,1-4H3. The normalized spacial score (nSPS) is 14.3. The van der Waals surface area contributed by atoms with Gasteiger partial charge in [0.2, 0.25) is 13.6 Å². The van der Waals surface area contributed by atoms with Crippen LogP contribution < -0.4 is 28.4 Å². The lowest BCUT2D eigenvalue weighted by atomic mass is 9.80. The summed E-state index contributed by atoms with van der Waals surface area (Å²) in [4.78, 5) is 14.3. The Hall–Kier alpha value is -3.69. The smallest absolute Gasteiger partial charge is 0.231 e. The molecule has 6 rings (SSSR count). The Bertz CT molecular complexity index is 1560. The maximum absolute atomic E-state index is 14.3. The van der Waals surface area contributed by atoms with Crippen LogP contribution in [-0.2, 0) is 4.79 Å². The summed E-state index contributed by atoms with van der Waals surface area (Å²) in [6.45, 7) is 8.53. The first-order chi connectivity index (χ1) is 21.2. The number of ether oxygens (including phenoxy) is 6. The molecule has 2 aliphatic rings. The summed E-state index contributed by atoms with van der Waals surface area (Å²) in [6, 6.07) is 19.0. The van der Waals surface area contributed by atoms with Gasteiger partial charge in [0, 0.05) is 22.8 Å². The van der Waals surface area contributed by atoms with Crippen LogP contribution in [0.1, 0.15) is 45.2 Å². The highest BCUT2D eigenvalue weighted by Crippen LogP contribution is 2.41. The Morgan fingerprint density at radius 1 is 0.591 bits per heavy atom. The van der Waals surface area contributed by atoms with E-state index >= 15 is 0 Å². The van der Waals surface area contributed by atoms with E-state index in [1.165, 1.54) is 0 Å². The van der Waals surface area contributed by atoms with E-state index in [1.54, 1.807) is 0 Å². The van der Waals surface area contributed by atoms with E-state index in [0.29, 0.717) is 56.7 Å². The molecule has 2 heterocycles. The fourth-order valence-electron chi connectivity index (χ4n) is 6.07. The summed E-state index contributed by atoms with van der Waals surface area (Å²) in [5, 5.41) is 1.01. The molecule has 0 aromatic heterocycles. The molecule has 4 aromatic rings. The number of rotatable bonds is 10. The van der Waals surface area contributed by atoms with Crippen molar-refractivity contribution < 1.29 is 33.2 Å². The second-order valence-electron chi connectivity index (χ2n) is 11.0. The van der Waals surface area contributed by atoms with Crippen LogP contribution in [0.3, 0.4) is 0 Å². The highest BCUT2D eigenvalue weighted by atomic mass is 79.9. The summed E-state index contributed by atoms with van der Waals surface area (Å²) >= 11 is 7.33. The van der Waals surface area contributed by atoms with E-state index in [0.717, 1.165) is 33.4 Å². The quantitative estimate of drug-likeness (QED) is 0.151. The maximum Gasteiger partial charge on any atom is 0.231 e. The van der Waals surface area contributed by atoms with Crippen LogP contribution in [0.25, 0.3) is 0 Å². The van der Waals surface area contributed by atoms with Gasteiger partial charge in [0.1, 0.15) is 28.8 Å². The Labute approximate surface area is 273 Å². The Morgan fingerprint density at radius 2 is 0.955 bits per heavy atom. The molecule has 228 valence electrons. The van der Waals surface area contributed by atoms with Crippen molar-refractivity contribution in [3.63, 3.8) is 0 Å². The van der Waals surface area contributed by atoms with Gasteiger partial charge in [-0.1, -0.05) is 31.9 Å². The first kappa shape index (κ1) is 30.3. The van der Waals surface area contributed by atoms with Crippen molar-refractivity contribution in [1.29, 1.82) is 0 Å². The fraction of sp³-hybridized carbons (Fsp3) is 0.286. The first-order valence-electron chi connectivity index (χ1n) is 14.3. The van der Waals surface area contributed by atoms with Gasteiger partial charge in [-0.05, 0) is 110 Å². The number of carbonyl (C=O) groups is 1. The summed E-state index contributed by atoms with van der Waals surface area (Å²) < 4.78 is 34.1. The lowest BCUT2D eigenvalue weighted by Gasteiger charge is -2.26. The van der Waals surface area contributed by atoms with Crippen molar-refractivity contribution in [1.82, 2.24) is 0 Å². The van der Waals surface area contributed by atoms with Gasteiger partial charge in [-0.15, -0.1) is 0 Å². The van der Waals surface area contributed by atoms with Crippen molar-refractivity contribution in [2.24, 2.45) is 0 Å². The van der Waals surface area contributed by atoms with Crippen molar-refractivity contribution in [2.75, 3.05) is 24.2 Å². The second kappa shape index (κ2) is 12.7. The molecule has 2 aliphatic heterocycles. The molecule has 0 bridgehead atoms. The highest BCUT2D eigenvalue weighted by Gasteiger charge is 2.32. The van der Waals surface area contributed by atoms with Crippen LogP contribution in [0.4, 0.5) is 0 Å². The largest absolute Gasteiger partial charge is 0.457 e. The Kier molecular flexibility index (Phi) is 8.78. The first-order valence-corrected chi connectivity index (χ1v) is 16.5. The highest BCUT2D eigenvalue weighted by molar-refractivity contribution is 9.09. The molecular formula is C35H32Br2O7. The number of Topliss-reactive ketones (excluding diaryl/α,β-unsaturated/α-hetero) is 1. The van der Waals surface area contributed by atoms with Crippen molar-refractivity contribution >= 4 is 37.6 Å². The van der Waals surface area contributed by atoms with Crippen LogP contribution >= 0.6 is 31.9 Å². The zero-order chi connectivity index (χ0) is 31.0. The van der Waals surface area contributed by atoms with Crippen LogP contribution in [0.15, 0.2) is 60.7 Å². The van der Waals surface area contributed by atoms with E-state index in [1.807, 2.05) is 88.4 Å². The molecule has 0 radical (unpaired) electrons. The van der Waals surface area contributed by atoms with Gasteiger partial charge in [0.05, 0.1) is 11.8 Å². The number of hydrogen-bond acceptors (Lipinski definition) is 7. The summed E-state index contributed by atoms with van der Waals surface area (Å²) in [7, 11) is 0. The summed E-state index contributed by atoms with van der Waals surface area (Å²) in [5.41, 5.74) is 5.99. The molecule has 0 spiro atoms. The van der Waals surface area contributed by atoms with Gasteiger partial charge in [-0.2, -0.15) is 0 Å². The van der Waals surface area contributed by atoms with Crippen LogP contribution in [0, 0.1) is 27.7 Å². The van der Waals surface area contributed by atoms with Crippen molar-refractivity contribution in [2.45, 2.75) is 39.5 Å². The minimum Gasteiger partial charge on any atom is -0.457 e.